The fourth-order valence-electron chi connectivity index (χ4n) is 1.34. The van der Waals surface area contributed by atoms with Gasteiger partial charge in [-0.05, 0) is 31.7 Å². The van der Waals surface area contributed by atoms with Crippen molar-refractivity contribution in [3.63, 3.8) is 0 Å². The molecular weight excluding hydrogens is 267 g/mol. The topological polar surface area (TPSA) is 21.3 Å². The third kappa shape index (κ3) is 4.06. The van der Waals surface area contributed by atoms with Crippen LogP contribution in [0, 0.1) is 6.92 Å². The minimum absolute atomic E-state index is 0.00931. The van der Waals surface area contributed by atoms with Crippen LogP contribution in [0.5, 0.6) is 5.75 Å². The summed E-state index contributed by atoms with van der Waals surface area (Å²) < 4.78 is 31.7. The van der Waals surface area contributed by atoms with Crippen LogP contribution >= 0.6 is 20.8 Å². The van der Waals surface area contributed by atoms with Gasteiger partial charge in [0.15, 0.2) is 0 Å². The molecule has 1 unspecified atom stereocenters. The predicted octanol–water partition coefficient (Wildman–Crippen LogP) is 3.17. The molecule has 1 aromatic carbocycles. The minimum Gasteiger partial charge on any atom is -0.492 e. The van der Waals surface area contributed by atoms with Gasteiger partial charge in [0, 0.05) is 12.1 Å². The lowest BCUT2D eigenvalue weighted by Gasteiger charge is -2.16. The first-order chi connectivity index (χ1) is 7.86. The van der Waals surface area contributed by atoms with Crippen molar-refractivity contribution in [2.24, 2.45) is 0 Å². The normalized spacial score (nSPS) is 11.6. The number of likely N-dealkylation sites (N-methyl/N-ethyl adjacent to an activating group) is 1. The molecule has 1 rings (SSSR count). The summed E-state index contributed by atoms with van der Waals surface area (Å²) in [5.41, 5.74) is -2.59. The Morgan fingerprint density at radius 3 is 2.65 bits per heavy atom. The molecule has 0 amide bonds. The maximum absolute atomic E-state index is 13.2. The number of halogens is 3. The summed E-state index contributed by atoms with van der Waals surface area (Å²) in [6.45, 7) is 2.85. The molecule has 1 N–H and O–H groups in total. The van der Waals surface area contributed by atoms with Crippen molar-refractivity contribution in [3.05, 3.63) is 28.3 Å². The molecule has 0 aliphatic carbocycles. The third-order valence-electron chi connectivity index (χ3n) is 2.23. The van der Waals surface area contributed by atoms with Gasteiger partial charge in [-0.2, -0.15) is 8.78 Å². The molecule has 1 atom stereocenters. The highest BCUT2D eigenvalue weighted by atomic mass is 35.5. The van der Waals surface area contributed by atoms with E-state index in [-0.39, 0.29) is 10.6 Å². The van der Waals surface area contributed by atoms with Gasteiger partial charge in [-0.1, -0.05) is 20.8 Å². The second-order valence-corrected chi connectivity index (χ2v) is 4.80. The van der Waals surface area contributed by atoms with E-state index in [4.69, 9.17) is 16.3 Å². The molecule has 0 aliphatic heterocycles. The maximum atomic E-state index is 13.2. The number of benzene rings is 1. The summed E-state index contributed by atoms with van der Waals surface area (Å²) in [6.07, 6.45) is 0. The summed E-state index contributed by atoms with van der Waals surface area (Å²) in [4.78, 5) is 0. The van der Waals surface area contributed by atoms with Gasteiger partial charge in [-0.25, -0.2) is 0 Å². The Bertz CT molecular complexity index is 396. The molecule has 0 aliphatic rings. The van der Waals surface area contributed by atoms with E-state index in [1.807, 2.05) is 0 Å². The van der Waals surface area contributed by atoms with Gasteiger partial charge >= 0.3 is 0 Å². The molecule has 2 nitrogen and oxygen atoms in total. The van der Waals surface area contributed by atoms with Crippen molar-refractivity contribution in [1.29, 1.82) is 0 Å². The number of aryl methyl sites for hydroxylation is 1. The van der Waals surface area contributed by atoms with Crippen LogP contribution in [0.4, 0.5) is 8.78 Å². The third-order valence-corrected chi connectivity index (χ3v) is 2.86. The number of hydrogen-bond donors (Lipinski definition) is 1. The SMILES string of the molecule is CNCCOc1cc(Cl)c(C(F)(F)P)cc1C. The number of rotatable bonds is 5. The second kappa shape index (κ2) is 5.94. The second-order valence-electron chi connectivity index (χ2n) is 3.67. The number of hydrogen-bond acceptors (Lipinski definition) is 2. The quantitative estimate of drug-likeness (QED) is 0.661. The Hall–Kier alpha value is -0.440. The van der Waals surface area contributed by atoms with Gasteiger partial charge in [0.25, 0.3) is 5.66 Å². The molecule has 0 spiro atoms. The molecule has 0 saturated carbocycles. The van der Waals surface area contributed by atoms with E-state index in [0.717, 1.165) is 0 Å². The highest BCUT2D eigenvalue weighted by molar-refractivity contribution is 7.17. The Labute approximate surface area is 107 Å². The van der Waals surface area contributed by atoms with E-state index in [1.165, 1.54) is 21.4 Å². The average molecular weight is 282 g/mol. The van der Waals surface area contributed by atoms with Gasteiger partial charge in [-0.3, -0.25) is 0 Å². The van der Waals surface area contributed by atoms with Gasteiger partial charge in [0.2, 0.25) is 0 Å². The molecule has 0 radical (unpaired) electrons. The Morgan fingerprint density at radius 1 is 1.47 bits per heavy atom. The predicted molar refractivity (Wildman–Crippen MR) is 69.2 cm³/mol. The Kier molecular flexibility index (Phi) is 5.11. The van der Waals surface area contributed by atoms with Crippen molar-refractivity contribution in [1.82, 2.24) is 5.32 Å². The molecule has 96 valence electrons. The van der Waals surface area contributed by atoms with Crippen molar-refractivity contribution in [2.75, 3.05) is 20.2 Å². The lowest BCUT2D eigenvalue weighted by Crippen LogP contribution is -2.16. The number of ether oxygens (including phenoxy) is 1. The summed E-state index contributed by atoms with van der Waals surface area (Å²) in [7, 11) is 3.29. The van der Waals surface area contributed by atoms with E-state index >= 15 is 0 Å². The molecule has 17 heavy (non-hydrogen) atoms. The summed E-state index contributed by atoms with van der Waals surface area (Å²) >= 11 is 5.81. The van der Waals surface area contributed by atoms with Crippen LogP contribution in [-0.4, -0.2) is 20.2 Å². The van der Waals surface area contributed by atoms with Gasteiger partial charge < -0.3 is 10.1 Å². The van der Waals surface area contributed by atoms with Gasteiger partial charge in [-0.15, -0.1) is 0 Å². The molecule has 0 fully saturated rings. The highest BCUT2D eigenvalue weighted by Gasteiger charge is 2.28. The van der Waals surface area contributed by atoms with Crippen LogP contribution in [0.2, 0.25) is 5.02 Å². The highest BCUT2D eigenvalue weighted by Crippen LogP contribution is 2.41. The first kappa shape index (κ1) is 14.6. The number of nitrogens with one attached hydrogen (secondary N) is 1. The van der Waals surface area contributed by atoms with E-state index in [0.29, 0.717) is 24.5 Å². The van der Waals surface area contributed by atoms with E-state index in [2.05, 4.69) is 5.32 Å². The average Bonchev–Trinajstić information content (AvgIpc) is 2.21. The smallest absolute Gasteiger partial charge is 0.285 e. The monoisotopic (exact) mass is 281 g/mol. The molecule has 0 saturated heterocycles. The maximum Gasteiger partial charge on any atom is 0.285 e. The van der Waals surface area contributed by atoms with Crippen LogP contribution in [0.15, 0.2) is 12.1 Å². The summed E-state index contributed by atoms with van der Waals surface area (Å²) in [5.74, 6) is 0.531. The largest absolute Gasteiger partial charge is 0.492 e. The van der Waals surface area contributed by atoms with Crippen molar-refractivity contribution in [3.8, 4) is 5.75 Å². The first-order valence-electron chi connectivity index (χ1n) is 5.11. The summed E-state index contributed by atoms with van der Waals surface area (Å²) in [6, 6.07) is 2.78. The fraction of sp³-hybridized carbons (Fsp3) is 0.455. The van der Waals surface area contributed by atoms with E-state index in [9.17, 15) is 8.78 Å². The van der Waals surface area contributed by atoms with Crippen LogP contribution < -0.4 is 10.1 Å². The zero-order chi connectivity index (χ0) is 13.1. The Balaban J connectivity index is 2.94. The lowest BCUT2D eigenvalue weighted by atomic mass is 10.1. The van der Waals surface area contributed by atoms with E-state index < -0.39 is 5.66 Å². The van der Waals surface area contributed by atoms with Crippen molar-refractivity contribution in [2.45, 2.75) is 12.6 Å². The molecule has 0 heterocycles. The van der Waals surface area contributed by atoms with Gasteiger partial charge in [0.05, 0.1) is 5.02 Å². The zero-order valence-corrected chi connectivity index (χ0v) is 11.6. The molecule has 6 heteroatoms. The summed E-state index contributed by atoms with van der Waals surface area (Å²) in [5, 5.41) is 2.94. The van der Waals surface area contributed by atoms with Crippen LogP contribution in [0.3, 0.4) is 0 Å². The van der Waals surface area contributed by atoms with Crippen molar-refractivity contribution >= 4 is 20.8 Å². The lowest BCUT2D eigenvalue weighted by molar-refractivity contribution is 0.104. The first-order valence-corrected chi connectivity index (χ1v) is 6.06. The fourth-order valence-corrected chi connectivity index (χ4v) is 1.95. The number of alkyl halides is 2. The minimum atomic E-state index is -3.02. The standard InChI is InChI=1S/C11H15ClF2NOP/c1-7-5-8(11(13,14)17)9(12)6-10(7)16-4-3-15-2/h5-6,15H,3-4,17H2,1-2H3. The van der Waals surface area contributed by atoms with Gasteiger partial charge in [0.1, 0.15) is 12.4 Å². The Morgan fingerprint density at radius 2 is 2.12 bits per heavy atom. The van der Waals surface area contributed by atoms with Crippen LogP contribution in [0.1, 0.15) is 11.1 Å². The van der Waals surface area contributed by atoms with Crippen LogP contribution in [0.25, 0.3) is 0 Å². The molecule has 0 aromatic heterocycles. The molecular formula is C11H15ClF2NOP. The van der Waals surface area contributed by atoms with E-state index in [1.54, 1.807) is 14.0 Å². The van der Waals surface area contributed by atoms with Crippen molar-refractivity contribution < 1.29 is 13.5 Å². The zero-order valence-electron chi connectivity index (χ0n) is 9.69. The molecule has 1 aromatic rings. The molecule has 0 bridgehead atoms. The van der Waals surface area contributed by atoms with Crippen LogP contribution in [-0.2, 0) is 5.66 Å².